The second kappa shape index (κ2) is 9.93. The Morgan fingerprint density at radius 3 is 2.52 bits per heavy atom. The third-order valence-electron chi connectivity index (χ3n) is 5.35. The summed E-state index contributed by atoms with van der Waals surface area (Å²) < 4.78 is 30.5. The van der Waals surface area contributed by atoms with Crippen molar-refractivity contribution >= 4 is 0 Å². The average Bonchev–Trinajstić information content (AvgIpc) is 3.49. The number of nitrogens with zero attached hydrogens (tertiary/aromatic N) is 7. The van der Waals surface area contributed by atoms with E-state index in [0.29, 0.717) is 31.0 Å². The van der Waals surface area contributed by atoms with E-state index < -0.39 is 11.7 Å². The molecule has 0 fully saturated rings. The molecule has 4 aromatic rings. The minimum Gasteiger partial charge on any atom is -0.256 e. The van der Waals surface area contributed by atoms with E-state index in [1.165, 1.54) is 0 Å². The van der Waals surface area contributed by atoms with Gasteiger partial charge in [-0.25, -0.2) is 14.8 Å². The van der Waals surface area contributed by atoms with E-state index in [2.05, 4.69) is 42.6 Å². The lowest BCUT2D eigenvalue weighted by Crippen LogP contribution is -2.15. The summed E-state index contributed by atoms with van der Waals surface area (Å²) in [6.45, 7) is 4.34. The first-order valence-electron chi connectivity index (χ1n) is 11.1. The molecule has 0 aliphatic carbocycles. The highest BCUT2D eigenvalue weighted by Gasteiger charge is 2.36. The van der Waals surface area contributed by atoms with Gasteiger partial charge >= 0.3 is 5.92 Å². The van der Waals surface area contributed by atoms with Crippen molar-refractivity contribution in [3.8, 4) is 22.6 Å². The van der Waals surface area contributed by atoms with Gasteiger partial charge in [-0.05, 0) is 34.9 Å². The van der Waals surface area contributed by atoms with Crippen molar-refractivity contribution in [1.82, 2.24) is 40.4 Å². The maximum absolute atomic E-state index is 14.4. The van der Waals surface area contributed by atoms with Crippen molar-refractivity contribution in [2.75, 3.05) is 0 Å². The molecular weight excluding hydrogens is 426 g/mol. The molecule has 0 radical (unpaired) electrons. The fourth-order valence-electron chi connectivity index (χ4n) is 3.63. The summed E-state index contributed by atoms with van der Waals surface area (Å²) in [6.07, 6.45) is 4.01. The highest BCUT2D eigenvalue weighted by atomic mass is 19.3. The fourth-order valence-corrected chi connectivity index (χ4v) is 3.63. The Labute approximate surface area is 190 Å². The molecule has 0 saturated carbocycles. The van der Waals surface area contributed by atoms with Gasteiger partial charge in [0, 0.05) is 36.7 Å². The molecule has 0 saturated heterocycles. The molecule has 4 rings (SSSR count). The van der Waals surface area contributed by atoms with Gasteiger partial charge in [0.15, 0.2) is 5.82 Å². The zero-order valence-corrected chi connectivity index (χ0v) is 18.7. The number of benzene rings is 1. The van der Waals surface area contributed by atoms with Crippen molar-refractivity contribution in [2.24, 2.45) is 0 Å². The summed E-state index contributed by atoms with van der Waals surface area (Å²) in [5.74, 6) is -2.34. The summed E-state index contributed by atoms with van der Waals surface area (Å²) in [4.78, 5) is 8.83. The quantitative estimate of drug-likeness (QED) is 0.371. The van der Waals surface area contributed by atoms with Crippen LogP contribution in [0.2, 0.25) is 0 Å². The minimum atomic E-state index is -3.03. The van der Waals surface area contributed by atoms with Crippen LogP contribution < -0.4 is 0 Å². The highest BCUT2D eigenvalue weighted by Crippen LogP contribution is 2.31. The second-order valence-corrected chi connectivity index (χ2v) is 7.91. The molecule has 3 aromatic heterocycles. The molecular formula is C23H26F2N8. The van der Waals surface area contributed by atoms with Gasteiger partial charge in [0.05, 0.1) is 5.69 Å². The summed E-state index contributed by atoms with van der Waals surface area (Å²) in [5, 5.41) is 18.2. The Bertz CT molecular complexity index is 1170. The number of aromatic amines is 1. The number of unbranched alkanes of at least 4 members (excludes halogenated alkanes) is 1. The highest BCUT2D eigenvalue weighted by molar-refractivity contribution is 5.78. The SMILES string of the molecule is CCCCn1nc(C(F)(F)CCC)nc1Cc1ccc(-c2ccccc2-c2nnn[nH]2)nc1. The van der Waals surface area contributed by atoms with Crippen LogP contribution in [-0.2, 0) is 18.9 Å². The molecule has 1 N–H and O–H groups in total. The Hall–Kier alpha value is -3.56. The van der Waals surface area contributed by atoms with Crippen LogP contribution in [-0.4, -0.2) is 40.4 Å². The lowest BCUT2D eigenvalue weighted by molar-refractivity contribution is -0.0232. The number of hydrogen-bond donors (Lipinski definition) is 1. The topological polar surface area (TPSA) is 98.1 Å². The first-order chi connectivity index (χ1) is 16.0. The van der Waals surface area contributed by atoms with Crippen LogP contribution in [0.25, 0.3) is 22.6 Å². The fraction of sp³-hybridized carbons (Fsp3) is 0.391. The lowest BCUT2D eigenvalue weighted by Gasteiger charge is -2.10. The number of pyridine rings is 1. The van der Waals surface area contributed by atoms with Crippen molar-refractivity contribution in [3.05, 3.63) is 59.8 Å². The molecule has 3 heterocycles. The number of aromatic nitrogens is 8. The number of H-pyrrole nitrogens is 1. The number of tetrazole rings is 1. The zero-order chi connectivity index (χ0) is 23.3. The van der Waals surface area contributed by atoms with Gasteiger partial charge in [0.2, 0.25) is 5.82 Å². The number of hydrogen-bond acceptors (Lipinski definition) is 6. The smallest absolute Gasteiger partial charge is 0.256 e. The number of alkyl halides is 2. The van der Waals surface area contributed by atoms with Gasteiger partial charge in [0.1, 0.15) is 5.82 Å². The first kappa shape index (κ1) is 22.6. The number of rotatable bonds is 10. The molecule has 0 unspecified atom stereocenters. The Morgan fingerprint density at radius 2 is 1.85 bits per heavy atom. The van der Waals surface area contributed by atoms with Gasteiger partial charge in [-0.2, -0.15) is 8.78 Å². The normalized spacial score (nSPS) is 11.8. The van der Waals surface area contributed by atoms with Crippen LogP contribution in [0, 0.1) is 0 Å². The molecule has 0 aliphatic rings. The summed E-state index contributed by atoms with van der Waals surface area (Å²) in [6, 6.07) is 11.5. The largest absolute Gasteiger partial charge is 0.308 e. The predicted octanol–water partition coefficient (Wildman–Crippen LogP) is 4.80. The molecule has 0 amide bonds. The van der Waals surface area contributed by atoms with Crippen LogP contribution in [0.4, 0.5) is 8.78 Å². The minimum absolute atomic E-state index is 0.263. The Morgan fingerprint density at radius 1 is 1.03 bits per heavy atom. The van der Waals surface area contributed by atoms with Crippen LogP contribution in [0.15, 0.2) is 42.6 Å². The third kappa shape index (κ3) is 5.10. The van der Waals surface area contributed by atoms with Crippen molar-refractivity contribution < 1.29 is 8.78 Å². The Kier molecular flexibility index (Phi) is 6.81. The van der Waals surface area contributed by atoms with E-state index in [0.717, 1.165) is 35.2 Å². The molecule has 8 nitrogen and oxygen atoms in total. The number of halogens is 2. The van der Waals surface area contributed by atoms with Gasteiger partial charge in [0.25, 0.3) is 0 Å². The molecule has 1 aromatic carbocycles. The molecule has 0 spiro atoms. The van der Waals surface area contributed by atoms with Gasteiger partial charge in [-0.1, -0.05) is 50.6 Å². The maximum Gasteiger partial charge on any atom is 0.308 e. The molecule has 0 bridgehead atoms. The van der Waals surface area contributed by atoms with E-state index >= 15 is 0 Å². The molecule has 33 heavy (non-hydrogen) atoms. The van der Waals surface area contributed by atoms with Gasteiger partial charge in [-0.15, -0.1) is 10.2 Å². The van der Waals surface area contributed by atoms with Crippen molar-refractivity contribution in [3.63, 3.8) is 0 Å². The predicted molar refractivity (Wildman–Crippen MR) is 119 cm³/mol. The third-order valence-corrected chi connectivity index (χ3v) is 5.35. The molecule has 172 valence electrons. The molecule has 10 heteroatoms. The van der Waals surface area contributed by atoms with Gasteiger partial charge < -0.3 is 0 Å². The second-order valence-electron chi connectivity index (χ2n) is 7.91. The Balaban J connectivity index is 1.59. The summed E-state index contributed by atoms with van der Waals surface area (Å²) in [5.41, 5.74) is 3.35. The van der Waals surface area contributed by atoms with Crippen LogP contribution in [0.1, 0.15) is 56.7 Å². The summed E-state index contributed by atoms with van der Waals surface area (Å²) in [7, 11) is 0. The van der Waals surface area contributed by atoms with E-state index in [-0.39, 0.29) is 6.42 Å². The van der Waals surface area contributed by atoms with Crippen LogP contribution in [0.3, 0.4) is 0 Å². The van der Waals surface area contributed by atoms with E-state index in [9.17, 15) is 8.78 Å². The van der Waals surface area contributed by atoms with E-state index in [1.54, 1.807) is 17.8 Å². The van der Waals surface area contributed by atoms with Gasteiger partial charge in [-0.3, -0.25) is 4.98 Å². The van der Waals surface area contributed by atoms with Crippen molar-refractivity contribution in [2.45, 2.75) is 58.4 Å². The van der Waals surface area contributed by atoms with Crippen LogP contribution in [0.5, 0.6) is 0 Å². The summed E-state index contributed by atoms with van der Waals surface area (Å²) >= 11 is 0. The monoisotopic (exact) mass is 452 g/mol. The zero-order valence-electron chi connectivity index (χ0n) is 18.7. The van der Waals surface area contributed by atoms with Crippen LogP contribution >= 0.6 is 0 Å². The average molecular weight is 453 g/mol. The number of nitrogens with one attached hydrogen (secondary N) is 1. The van der Waals surface area contributed by atoms with Crippen molar-refractivity contribution in [1.29, 1.82) is 0 Å². The van der Waals surface area contributed by atoms with E-state index in [4.69, 9.17) is 0 Å². The molecule has 0 atom stereocenters. The molecule has 0 aliphatic heterocycles. The maximum atomic E-state index is 14.4. The lowest BCUT2D eigenvalue weighted by atomic mass is 10.0. The van der Waals surface area contributed by atoms with E-state index in [1.807, 2.05) is 36.4 Å². The first-order valence-corrected chi connectivity index (χ1v) is 11.1. The number of aryl methyl sites for hydroxylation is 1. The standard InChI is InChI=1S/C23H26F2N8/c1-3-5-13-33-20(27-22(30-33)23(24,25)12-4-2)14-16-10-11-19(26-15-16)17-8-6-7-9-18(17)21-28-31-32-29-21/h6-11,15H,3-5,12-14H2,1-2H3,(H,28,29,31,32).